The highest BCUT2D eigenvalue weighted by atomic mass is 16.1. The van der Waals surface area contributed by atoms with Gasteiger partial charge in [0.05, 0.1) is 34.7 Å². The number of nitriles is 1. The summed E-state index contributed by atoms with van der Waals surface area (Å²) < 4.78 is 3.07. The molecule has 6 rings (SSSR count). The number of nitrogens with zero attached hydrogens (tertiary/aromatic N) is 7. The second kappa shape index (κ2) is 8.45. The molecule has 9 heteroatoms. The minimum atomic E-state index is -0.418. The fourth-order valence-corrected chi connectivity index (χ4v) is 4.11. The van der Waals surface area contributed by atoms with E-state index in [0.717, 1.165) is 21.8 Å². The standard InChI is InChI=1S/C27H18N8O/c1-17-21(16-30-34(17)24-12-10-18-6-2-4-8-22(18)31-24)27(36)33-26-20(14-28)15-29-35(26)25-13-11-19-7-3-5-9-23(19)32-25/h2-13,15-16H,1H3,(H,33,36). The van der Waals surface area contributed by atoms with Gasteiger partial charge in [0, 0.05) is 10.8 Å². The zero-order chi connectivity index (χ0) is 24.6. The van der Waals surface area contributed by atoms with Gasteiger partial charge in [-0.2, -0.15) is 20.1 Å². The van der Waals surface area contributed by atoms with Crippen molar-refractivity contribution < 1.29 is 4.79 Å². The Hall–Kier alpha value is -5.36. The van der Waals surface area contributed by atoms with Gasteiger partial charge < -0.3 is 5.32 Å². The molecule has 0 saturated carbocycles. The molecule has 0 radical (unpaired) electrons. The van der Waals surface area contributed by atoms with Crippen molar-refractivity contribution in [3.05, 3.63) is 102 Å². The topological polar surface area (TPSA) is 114 Å². The average Bonchev–Trinajstić information content (AvgIpc) is 3.51. The summed E-state index contributed by atoms with van der Waals surface area (Å²) in [7, 11) is 0. The molecule has 4 aromatic heterocycles. The van der Waals surface area contributed by atoms with Crippen LogP contribution in [0.2, 0.25) is 0 Å². The molecule has 36 heavy (non-hydrogen) atoms. The van der Waals surface area contributed by atoms with E-state index in [1.165, 1.54) is 17.1 Å². The number of hydrogen-bond donors (Lipinski definition) is 1. The molecule has 0 aliphatic rings. The van der Waals surface area contributed by atoms with Crippen LogP contribution in [0.1, 0.15) is 21.6 Å². The van der Waals surface area contributed by atoms with E-state index in [2.05, 4.69) is 31.6 Å². The van der Waals surface area contributed by atoms with Gasteiger partial charge in [0.25, 0.3) is 5.91 Å². The smallest absolute Gasteiger partial charge is 0.260 e. The van der Waals surface area contributed by atoms with Gasteiger partial charge in [-0.1, -0.05) is 36.4 Å². The number of carbonyl (C=O) groups excluding carboxylic acids is 1. The van der Waals surface area contributed by atoms with Crippen LogP contribution in [-0.4, -0.2) is 35.4 Å². The highest BCUT2D eigenvalue weighted by Gasteiger charge is 2.21. The highest BCUT2D eigenvalue weighted by Crippen LogP contribution is 2.23. The molecule has 0 aliphatic carbocycles. The van der Waals surface area contributed by atoms with E-state index in [0.29, 0.717) is 22.9 Å². The highest BCUT2D eigenvalue weighted by molar-refractivity contribution is 6.05. The number of fused-ring (bicyclic) bond motifs is 2. The second-order valence-corrected chi connectivity index (χ2v) is 8.16. The first-order valence-electron chi connectivity index (χ1n) is 11.2. The minimum absolute atomic E-state index is 0.222. The molecule has 0 saturated heterocycles. The molecule has 0 bridgehead atoms. The summed E-state index contributed by atoms with van der Waals surface area (Å²) in [4.78, 5) is 22.6. The molecule has 0 fully saturated rings. The first-order valence-corrected chi connectivity index (χ1v) is 11.2. The van der Waals surface area contributed by atoms with Gasteiger partial charge in [-0.15, -0.1) is 0 Å². The van der Waals surface area contributed by atoms with Crippen LogP contribution in [0.15, 0.2) is 85.2 Å². The zero-order valence-corrected chi connectivity index (χ0v) is 19.1. The fourth-order valence-electron chi connectivity index (χ4n) is 4.11. The van der Waals surface area contributed by atoms with Crippen molar-refractivity contribution in [1.82, 2.24) is 29.5 Å². The Kier molecular flexibility index (Phi) is 4.97. The molecule has 2 aromatic carbocycles. The summed E-state index contributed by atoms with van der Waals surface area (Å²) in [5.41, 5.74) is 2.80. The Balaban J connectivity index is 1.35. The molecular formula is C27H18N8O. The number of hydrogen-bond acceptors (Lipinski definition) is 6. The summed E-state index contributed by atoms with van der Waals surface area (Å²) in [6.45, 7) is 1.80. The number of pyridine rings is 2. The summed E-state index contributed by atoms with van der Waals surface area (Å²) in [6.07, 6.45) is 2.89. The van der Waals surface area contributed by atoms with E-state index in [4.69, 9.17) is 0 Å². The van der Waals surface area contributed by atoms with E-state index in [1.54, 1.807) is 17.7 Å². The van der Waals surface area contributed by atoms with Gasteiger partial charge in [-0.25, -0.2) is 14.6 Å². The number of rotatable bonds is 4. The maximum absolute atomic E-state index is 13.3. The lowest BCUT2D eigenvalue weighted by Crippen LogP contribution is -2.17. The molecule has 9 nitrogen and oxygen atoms in total. The summed E-state index contributed by atoms with van der Waals surface area (Å²) >= 11 is 0. The van der Waals surface area contributed by atoms with Gasteiger partial charge in [0.2, 0.25) is 0 Å². The zero-order valence-electron chi connectivity index (χ0n) is 19.1. The molecule has 4 heterocycles. The quantitative estimate of drug-likeness (QED) is 0.403. The number of nitrogens with one attached hydrogen (secondary N) is 1. The third-order valence-electron chi connectivity index (χ3n) is 5.98. The van der Waals surface area contributed by atoms with E-state index in [1.807, 2.05) is 66.7 Å². The first kappa shape index (κ1) is 21.2. The van der Waals surface area contributed by atoms with Crippen LogP contribution >= 0.6 is 0 Å². The SMILES string of the molecule is Cc1c(C(=O)Nc2c(C#N)cnn2-c2ccc3ccccc3n2)cnn1-c1ccc2ccccc2n1. The van der Waals surface area contributed by atoms with Crippen molar-refractivity contribution in [3.63, 3.8) is 0 Å². The minimum Gasteiger partial charge on any atom is -0.305 e. The molecular weight excluding hydrogens is 452 g/mol. The predicted octanol–water partition coefficient (Wildman–Crippen LogP) is 4.59. The molecule has 0 aliphatic heterocycles. The Morgan fingerprint density at radius 3 is 2.03 bits per heavy atom. The Labute approximate surface area is 205 Å². The van der Waals surface area contributed by atoms with Crippen LogP contribution in [0.3, 0.4) is 0 Å². The lowest BCUT2D eigenvalue weighted by atomic mass is 10.2. The van der Waals surface area contributed by atoms with Gasteiger partial charge in [0.1, 0.15) is 11.6 Å². The molecule has 0 spiro atoms. The van der Waals surface area contributed by atoms with Crippen LogP contribution in [0.4, 0.5) is 5.82 Å². The maximum Gasteiger partial charge on any atom is 0.260 e. The van der Waals surface area contributed by atoms with Crippen molar-refractivity contribution in [2.24, 2.45) is 0 Å². The molecule has 0 unspecified atom stereocenters. The van der Waals surface area contributed by atoms with Crippen LogP contribution in [0.25, 0.3) is 33.4 Å². The Morgan fingerprint density at radius 1 is 0.806 bits per heavy atom. The van der Waals surface area contributed by atoms with Gasteiger partial charge >= 0.3 is 0 Å². The van der Waals surface area contributed by atoms with Crippen molar-refractivity contribution in [2.75, 3.05) is 5.32 Å². The van der Waals surface area contributed by atoms with Crippen LogP contribution in [-0.2, 0) is 0 Å². The average molecular weight is 470 g/mol. The molecule has 0 atom stereocenters. The van der Waals surface area contributed by atoms with Gasteiger partial charge in [-0.3, -0.25) is 4.79 Å². The summed E-state index contributed by atoms with van der Waals surface area (Å²) in [5, 5.41) is 23.2. The lowest BCUT2D eigenvalue weighted by molar-refractivity contribution is 0.102. The maximum atomic E-state index is 13.3. The molecule has 1 N–H and O–H groups in total. The van der Waals surface area contributed by atoms with E-state index in [-0.39, 0.29) is 11.4 Å². The third kappa shape index (κ3) is 3.54. The Morgan fingerprint density at radius 2 is 1.39 bits per heavy atom. The molecule has 1 amide bonds. The van der Waals surface area contributed by atoms with E-state index in [9.17, 15) is 10.1 Å². The van der Waals surface area contributed by atoms with Crippen LogP contribution < -0.4 is 5.32 Å². The van der Waals surface area contributed by atoms with Crippen molar-refractivity contribution in [2.45, 2.75) is 6.92 Å². The van der Waals surface area contributed by atoms with Crippen LogP contribution in [0, 0.1) is 18.3 Å². The summed E-state index contributed by atoms with van der Waals surface area (Å²) in [5.74, 6) is 0.909. The monoisotopic (exact) mass is 470 g/mol. The second-order valence-electron chi connectivity index (χ2n) is 8.16. The lowest BCUT2D eigenvalue weighted by Gasteiger charge is -2.10. The number of benzene rings is 2. The third-order valence-corrected chi connectivity index (χ3v) is 5.98. The number of aromatic nitrogens is 6. The molecule has 172 valence electrons. The van der Waals surface area contributed by atoms with E-state index >= 15 is 0 Å². The van der Waals surface area contributed by atoms with Gasteiger partial charge in [-0.05, 0) is 43.3 Å². The molecule has 6 aromatic rings. The Bertz CT molecular complexity index is 1830. The van der Waals surface area contributed by atoms with Crippen molar-refractivity contribution >= 4 is 33.5 Å². The number of anilines is 1. The largest absolute Gasteiger partial charge is 0.305 e. The summed E-state index contributed by atoms with van der Waals surface area (Å²) in [6, 6.07) is 25.1. The number of amides is 1. The first-order chi connectivity index (χ1) is 17.6. The van der Waals surface area contributed by atoms with Crippen LogP contribution in [0.5, 0.6) is 0 Å². The fraction of sp³-hybridized carbons (Fsp3) is 0.0370. The number of para-hydroxylation sites is 2. The normalized spacial score (nSPS) is 11.0. The van der Waals surface area contributed by atoms with Gasteiger partial charge in [0.15, 0.2) is 17.5 Å². The number of carbonyl (C=O) groups is 1. The predicted molar refractivity (Wildman–Crippen MR) is 135 cm³/mol. The van der Waals surface area contributed by atoms with E-state index < -0.39 is 5.91 Å². The van der Waals surface area contributed by atoms with Crippen molar-refractivity contribution in [1.29, 1.82) is 5.26 Å². The van der Waals surface area contributed by atoms with Crippen molar-refractivity contribution in [3.8, 4) is 17.7 Å².